The molecule has 1 atom stereocenters. The van der Waals surface area contributed by atoms with E-state index in [-0.39, 0.29) is 17.2 Å². The Morgan fingerprint density at radius 2 is 2.08 bits per heavy atom. The highest BCUT2D eigenvalue weighted by atomic mass is 32.2. The van der Waals surface area contributed by atoms with Gasteiger partial charge in [0.1, 0.15) is 17.1 Å². The van der Waals surface area contributed by atoms with Gasteiger partial charge in [-0.2, -0.15) is 0 Å². The van der Waals surface area contributed by atoms with Gasteiger partial charge in [-0.05, 0) is 18.1 Å². The number of hydrogen-bond acceptors (Lipinski definition) is 5. The van der Waals surface area contributed by atoms with Gasteiger partial charge in [-0.25, -0.2) is 4.79 Å². The summed E-state index contributed by atoms with van der Waals surface area (Å²) in [6, 6.07) is 9.07. The minimum absolute atomic E-state index is 0.0313. The van der Waals surface area contributed by atoms with Crippen LogP contribution in [0.1, 0.15) is 40.5 Å². The van der Waals surface area contributed by atoms with Gasteiger partial charge < -0.3 is 19.6 Å². The maximum absolute atomic E-state index is 12.2. The average molecular weight is 377 g/mol. The number of hydrogen-bond donors (Lipinski definition) is 2. The Morgan fingerprint density at radius 1 is 1.35 bits per heavy atom. The van der Waals surface area contributed by atoms with Crippen molar-refractivity contribution in [1.29, 1.82) is 0 Å². The minimum atomic E-state index is -1.09. The second-order valence-corrected chi connectivity index (χ2v) is 6.95. The van der Waals surface area contributed by atoms with Gasteiger partial charge in [-0.15, -0.1) is 11.8 Å². The Kier molecular flexibility index (Phi) is 7.15. The molecule has 0 aliphatic heterocycles. The molecule has 6 nitrogen and oxygen atoms in total. The first kappa shape index (κ1) is 19.9. The van der Waals surface area contributed by atoms with E-state index in [2.05, 4.69) is 5.32 Å². The Bertz CT molecular complexity index is 771. The van der Waals surface area contributed by atoms with Crippen LogP contribution in [0.5, 0.6) is 5.75 Å². The highest BCUT2D eigenvalue weighted by Gasteiger charge is 2.20. The quantitative estimate of drug-likeness (QED) is 0.648. The molecular weight excluding hydrogens is 354 g/mol. The van der Waals surface area contributed by atoms with Gasteiger partial charge >= 0.3 is 5.97 Å². The lowest BCUT2D eigenvalue weighted by molar-refractivity contribution is 0.0694. The zero-order valence-corrected chi connectivity index (χ0v) is 15.9. The van der Waals surface area contributed by atoms with Gasteiger partial charge in [0.25, 0.3) is 5.91 Å². The summed E-state index contributed by atoms with van der Waals surface area (Å²) in [5, 5.41) is 11.9. The molecule has 0 aliphatic carbocycles. The van der Waals surface area contributed by atoms with E-state index in [1.54, 1.807) is 25.8 Å². The Labute approximate surface area is 156 Å². The van der Waals surface area contributed by atoms with Crippen LogP contribution < -0.4 is 10.1 Å². The topological polar surface area (TPSA) is 88.8 Å². The maximum Gasteiger partial charge on any atom is 0.339 e. The summed E-state index contributed by atoms with van der Waals surface area (Å²) in [6.45, 7) is 4.28. The summed E-state index contributed by atoms with van der Waals surface area (Å²) < 4.78 is 10.7. The molecule has 1 unspecified atom stereocenters. The number of ether oxygens (including phenoxy) is 1. The van der Waals surface area contributed by atoms with Crippen molar-refractivity contribution in [2.45, 2.75) is 25.2 Å². The van der Waals surface area contributed by atoms with Gasteiger partial charge in [0.05, 0.1) is 7.11 Å². The third-order valence-electron chi connectivity index (χ3n) is 3.79. The van der Waals surface area contributed by atoms with Gasteiger partial charge in [-0.1, -0.05) is 26.0 Å². The number of aryl methyl sites for hydroxylation is 1. The number of carboxylic acid groups (broad SMARTS) is 1. The van der Waals surface area contributed by atoms with Crippen LogP contribution in [0, 0.1) is 5.92 Å². The van der Waals surface area contributed by atoms with Crippen molar-refractivity contribution < 1.29 is 23.8 Å². The van der Waals surface area contributed by atoms with E-state index < -0.39 is 11.9 Å². The Balaban J connectivity index is 1.88. The number of furan rings is 1. The van der Waals surface area contributed by atoms with Gasteiger partial charge in [0.2, 0.25) is 0 Å². The molecule has 1 amide bonds. The predicted octanol–water partition coefficient (Wildman–Crippen LogP) is 3.71. The Morgan fingerprint density at radius 3 is 2.69 bits per heavy atom. The van der Waals surface area contributed by atoms with Crippen LogP contribution in [-0.2, 0) is 6.42 Å². The van der Waals surface area contributed by atoms with Crippen molar-refractivity contribution in [3.63, 3.8) is 0 Å². The molecule has 0 spiro atoms. The third-order valence-corrected chi connectivity index (χ3v) is 5.17. The number of nitrogens with one attached hydrogen (secondary N) is 1. The number of carbonyl (C=O) groups is 2. The standard InChI is InChI=1S/C19H23NO5S/c1-4-14-13(19(22)23)9-16(25-14)18(21)20-10-12(2)11-26-17-8-6-5-7-15(17)24-3/h5-9,12H,4,10-11H2,1-3H3,(H,20,21)(H,22,23). The van der Waals surface area contributed by atoms with Crippen molar-refractivity contribution >= 4 is 23.6 Å². The number of amides is 1. The zero-order valence-electron chi connectivity index (χ0n) is 15.1. The SMILES string of the molecule is CCc1oc(C(=O)NCC(C)CSc2ccccc2OC)cc1C(=O)O. The van der Waals surface area contributed by atoms with E-state index in [9.17, 15) is 9.59 Å². The fourth-order valence-corrected chi connectivity index (χ4v) is 3.42. The molecular formula is C19H23NO5S. The molecule has 2 aromatic rings. The van der Waals surface area contributed by atoms with Crippen LogP contribution in [0.4, 0.5) is 0 Å². The Hall–Kier alpha value is -2.41. The van der Waals surface area contributed by atoms with Crippen molar-refractivity contribution in [2.75, 3.05) is 19.4 Å². The molecule has 140 valence electrons. The van der Waals surface area contributed by atoms with Crippen molar-refractivity contribution in [2.24, 2.45) is 5.92 Å². The predicted molar refractivity (Wildman–Crippen MR) is 100 cm³/mol. The van der Waals surface area contributed by atoms with E-state index in [4.69, 9.17) is 14.3 Å². The van der Waals surface area contributed by atoms with Gasteiger partial charge in [0.15, 0.2) is 5.76 Å². The number of rotatable bonds is 9. The molecule has 1 aromatic heterocycles. The zero-order chi connectivity index (χ0) is 19.1. The lowest BCUT2D eigenvalue weighted by Crippen LogP contribution is -2.28. The van der Waals surface area contributed by atoms with Crippen LogP contribution in [0.15, 0.2) is 39.6 Å². The normalized spacial score (nSPS) is 11.8. The molecule has 1 heterocycles. The highest BCUT2D eigenvalue weighted by Crippen LogP contribution is 2.29. The number of carbonyl (C=O) groups excluding carboxylic acids is 1. The molecule has 0 saturated carbocycles. The summed E-state index contributed by atoms with van der Waals surface area (Å²) in [6.07, 6.45) is 0.418. The van der Waals surface area contributed by atoms with Crippen LogP contribution in [-0.4, -0.2) is 36.4 Å². The summed E-state index contributed by atoms with van der Waals surface area (Å²) in [5.41, 5.74) is 0.0393. The average Bonchev–Trinajstić information content (AvgIpc) is 3.09. The summed E-state index contributed by atoms with van der Waals surface area (Å²) in [5.74, 6) is 0.698. The van der Waals surface area contributed by atoms with E-state index in [1.807, 2.05) is 31.2 Å². The molecule has 0 saturated heterocycles. The first-order valence-corrected chi connectivity index (χ1v) is 9.34. The molecule has 1 aromatic carbocycles. The monoisotopic (exact) mass is 377 g/mol. The minimum Gasteiger partial charge on any atom is -0.496 e. The van der Waals surface area contributed by atoms with E-state index in [0.29, 0.717) is 18.7 Å². The molecule has 2 rings (SSSR count). The van der Waals surface area contributed by atoms with Gasteiger partial charge in [0, 0.05) is 29.7 Å². The number of carboxylic acids is 1. The smallest absolute Gasteiger partial charge is 0.339 e. The van der Waals surface area contributed by atoms with E-state index in [0.717, 1.165) is 16.4 Å². The second kappa shape index (κ2) is 9.33. The first-order chi connectivity index (χ1) is 12.5. The van der Waals surface area contributed by atoms with Crippen LogP contribution >= 0.6 is 11.8 Å². The van der Waals surface area contributed by atoms with Crippen molar-refractivity contribution in [3.8, 4) is 5.75 Å². The fraction of sp³-hybridized carbons (Fsp3) is 0.368. The largest absolute Gasteiger partial charge is 0.496 e. The lowest BCUT2D eigenvalue weighted by atomic mass is 10.2. The number of thioether (sulfide) groups is 1. The third kappa shape index (κ3) is 5.05. The number of para-hydroxylation sites is 1. The van der Waals surface area contributed by atoms with E-state index >= 15 is 0 Å². The molecule has 0 aliphatic rings. The second-order valence-electron chi connectivity index (χ2n) is 5.88. The lowest BCUT2D eigenvalue weighted by Gasteiger charge is -2.13. The summed E-state index contributed by atoms with van der Waals surface area (Å²) >= 11 is 1.66. The van der Waals surface area contributed by atoms with Gasteiger partial charge in [-0.3, -0.25) is 4.79 Å². The van der Waals surface area contributed by atoms with Crippen LogP contribution in [0.25, 0.3) is 0 Å². The molecule has 0 fully saturated rings. The number of methoxy groups -OCH3 is 1. The molecule has 0 radical (unpaired) electrons. The highest BCUT2D eigenvalue weighted by molar-refractivity contribution is 7.99. The van der Waals surface area contributed by atoms with Crippen molar-refractivity contribution in [3.05, 3.63) is 47.4 Å². The summed E-state index contributed by atoms with van der Waals surface area (Å²) in [4.78, 5) is 24.4. The van der Waals surface area contributed by atoms with Crippen molar-refractivity contribution in [1.82, 2.24) is 5.32 Å². The number of aromatic carboxylic acids is 1. The number of benzene rings is 1. The molecule has 7 heteroatoms. The molecule has 26 heavy (non-hydrogen) atoms. The summed E-state index contributed by atoms with van der Waals surface area (Å²) in [7, 11) is 1.64. The fourth-order valence-electron chi connectivity index (χ4n) is 2.37. The molecule has 2 N–H and O–H groups in total. The van der Waals surface area contributed by atoms with Crippen LogP contribution in [0.2, 0.25) is 0 Å². The first-order valence-electron chi connectivity index (χ1n) is 8.36. The molecule has 0 bridgehead atoms. The van der Waals surface area contributed by atoms with E-state index in [1.165, 1.54) is 6.07 Å². The van der Waals surface area contributed by atoms with Crippen LogP contribution in [0.3, 0.4) is 0 Å². The maximum atomic E-state index is 12.2.